The van der Waals surface area contributed by atoms with Crippen LogP contribution in [0.25, 0.3) is 0 Å². The van der Waals surface area contributed by atoms with Gasteiger partial charge >= 0.3 is 5.97 Å². The van der Waals surface area contributed by atoms with Gasteiger partial charge in [0.05, 0.1) is 6.61 Å². The van der Waals surface area contributed by atoms with Crippen molar-refractivity contribution in [2.24, 2.45) is 0 Å². The summed E-state index contributed by atoms with van der Waals surface area (Å²) in [4.78, 5) is 11.0. The second kappa shape index (κ2) is 7.90. The van der Waals surface area contributed by atoms with Crippen molar-refractivity contribution in [3.63, 3.8) is 0 Å². The third-order valence-corrected chi connectivity index (χ3v) is 2.67. The van der Waals surface area contributed by atoms with Crippen LogP contribution in [0.1, 0.15) is 25.5 Å². The van der Waals surface area contributed by atoms with Crippen molar-refractivity contribution in [2.75, 3.05) is 13.2 Å². The topological polar surface area (TPSA) is 38.3 Å². The standard InChI is InChI=1S/C14H18ClNO2/c1-3-18-14(17)8-5-9-16-11(2)12-6-4-7-13(15)10-12/h4-8,10-11,16H,3,9H2,1-2H3/b8-5+. The Kier molecular flexibility index (Phi) is 6.47. The van der Waals surface area contributed by atoms with Crippen LogP contribution in [0.3, 0.4) is 0 Å². The van der Waals surface area contributed by atoms with E-state index in [0.29, 0.717) is 13.2 Å². The third-order valence-electron chi connectivity index (χ3n) is 2.43. The summed E-state index contributed by atoms with van der Waals surface area (Å²) < 4.78 is 4.78. The minimum absolute atomic E-state index is 0.176. The lowest BCUT2D eigenvalue weighted by atomic mass is 10.1. The van der Waals surface area contributed by atoms with Gasteiger partial charge in [0.15, 0.2) is 0 Å². The number of esters is 1. The maximum Gasteiger partial charge on any atom is 0.330 e. The fraction of sp³-hybridized carbons (Fsp3) is 0.357. The smallest absolute Gasteiger partial charge is 0.330 e. The molecule has 0 aliphatic carbocycles. The van der Waals surface area contributed by atoms with E-state index in [1.165, 1.54) is 6.08 Å². The molecule has 4 heteroatoms. The van der Waals surface area contributed by atoms with Gasteiger partial charge in [-0.15, -0.1) is 0 Å². The Labute approximate surface area is 113 Å². The molecular weight excluding hydrogens is 250 g/mol. The summed E-state index contributed by atoms with van der Waals surface area (Å²) >= 11 is 5.92. The minimum atomic E-state index is -0.310. The van der Waals surface area contributed by atoms with Crippen molar-refractivity contribution in [3.8, 4) is 0 Å². The number of benzene rings is 1. The highest BCUT2D eigenvalue weighted by Crippen LogP contribution is 2.16. The number of halogens is 1. The van der Waals surface area contributed by atoms with Crippen molar-refractivity contribution in [3.05, 3.63) is 47.0 Å². The monoisotopic (exact) mass is 267 g/mol. The Morgan fingerprint density at radius 3 is 3.00 bits per heavy atom. The molecule has 1 aromatic carbocycles. The molecule has 3 nitrogen and oxygen atoms in total. The Hall–Kier alpha value is -1.32. The first-order chi connectivity index (χ1) is 8.63. The summed E-state index contributed by atoms with van der Waals surface area (Å²) in [6, 6.07) is 7.88. The van der Waals surface area contributed by atoms with Crippen LogP contribution in [0, 0.1) is 0 Å². The zero-order chi connectivity index (χ0) is 13.4. The fourth-order valence-corrected chi connectivity index (χ4v) is 1.68. The number of carbonyl (C=O) groups is 1. The summed E-state index contributed by atoms with van der Waals surface area (Å²) in [6.45, 7) is 4.83. The molecule has 0 saturated carbocycles. The fourth-order valence-electron chi connectivity index (χ4n) is 1.48. The van der Waals surface area contributed by atoms with E-state index in [1.54, 1.807) is 13.0 Å². The van der Waals surface area contributed by atoms with Gasteiger partial charge in [-0.05, 0) is 31.5 Å². The van der Waals surface area contributed by atoms with Crippen LogP contribution >= 0.6 is 11.6 Å². The molecule has 0 heterocycles. The number of hydrogen-bond donors (Lipinski definition) is 1. The zero-order valence-electron chi connectivity index (χ0n) is 10.7. The van der Waals surface area contributed by atoms with E-state index in [-0.39, 0.29) is 12.0 Å². The molecule has 1 N–H and O–H groups in total. The number of nitrogens with one attached hydrogen (secondary N) is 1. The first-order valence-corrected chi connectivity index (χ1v) is 6.33. The van der Waals surface area contributed by atoms with E-state index >= 15 is 0 Å². The molecule has 1 rings (SSSR count). The molecular formula is C14H18ClNO2. The molecule has 98 valence electrons. The van der Waals surface area contributed by atoms with E-state index in [9.17, 15) is 4.79 Å². The normalized spacial score (nSPS) is 12.6. The number of carbonyl (C=O) groups excluding carboxylic acids is 1. The van der Waals surface area contributed by atoms with E-state index in [1.807, 2.05) is 31.2 Å². The third kappa shape index (κ3) is 5.34. The van der Waals surface area contributed by atoms with E-state index < -0.39 is 0 Å². The molecule has 0 aromatic heterocycles. The first-order valence-electron chi connectivity index (χ1n) is 5.95. The van der Waals surface area contributed by atoms with Gasteiger partial charge in [-0.3, -0.25) is 0 Å². The summed E-state index contributed by atoms with van der Waals surface area (Å²) in [5, 5.41) is 4.00. The van der Waals surface area contributed by atoms with Crippen LogP contribution in [0.2, 0.25) is 5.02 Å². The van der Waals surface area contributed by atoms with Crippen LogP contribution in [-0.2, 0) is 9.53 Å². The van der Waals surface area contributed by atoms with E-state index in [4.69, 9.17) is 16.3 Å². The van der Waals surface area contributed by atoms with Crippen molar-refractivity contribution >= 4 is 17.6 Å². The molecule has 1 unspecified atom stereocenters. The van der Waals surface area contributed by atoms with Crippen molar-refractivity contribution in [1.82, 2.24) is 5.32 Å². The lowest BCUT2D eigenvalue weighted by Gasteiger charge is -2.12. The van der Waals surface area contributed by atoms with Gasteiger partial charge in [-0.25, -0.2) is 4.79 Å². The number of ether oxygens (including phenoxy) is 1. The predicted octanol–water partition coefficient (Wildman–Crippen LogP) is 3.11. The number of hydrogen-bond acceptors (Lipinski definition) is 3. The van der Waals surface area contributed by atoms with Crippen LogP contribution in [-0.4, -0.2) is 19.1 Å². The van der Waals surface area contributed by atoms with Crippen molar-refractivity contribution in [2.45, 2.75) is 19.9 Å². The van der Waals surface area contributed by atoms with Gasteiger partial charge < -0.3 is 10.1 Å². The highest BCUT2D eigenvalue weighted by atomic mass is 35.5. The molecule has 0 aliphatic heterocycles. The van der Waals surface area contributed by atoms with Gasteiger partial charge in [0.2, 0.25) is 0 Å². The van der Waals surface area contributed by atoms with Crippen molar-refractivity contribution in [1.29, 1.82) is 0 Å². The van der Waals surface area contributed by atoms with Crippen LogP contribution in [0.5, 0.6) is 0 Å². The Bertz CT molecular complexity index is 418. The first kappa shape index (κ1) is 14.7. The average Bonchev–Trinajstić information content (AvgIpc) is 2.35. The Balaban J connectivity index is 2.37. The van der Waals surface area contributed by atoms with Gasteiger partial charge in [0.1, 0.15) is 0 Å². The van der Waals surface area contributed by atoms with E-state index in [2.05, 4.69) is 5.32 Å². The summed E-state index contributed by atoms with van der Waals surface area (Å²) in [6.07, 6.45) is 3.18. The number of rotatable bonds is 6. The molecule has 1 aromatic rings. The summed E-state index contributed by atoms with van der Waals surface area (Å²) in [5.41, 5.74) is 1.12. The van der Waals surface area contributed by atoms with Gasteiger partial charge in [0.25, 0.3) is 0 Å². The minimum Gasteiger partial charge on any atom is -0.463 e. The van der Waals surface area contributed by atoms with Crippen LogP contribution in [0.4, 0.5) is 0 Å². The maximum atomic E-state index is 11.0. The average molecular weight is 268 g/mol. The lowest BCUT2D eigenvalue weighted by molar-refractivity contribution is -0.137. The molecule has 0 fully saturated rings. The van der Waals surface area contributed by atoms with Crippen molar-refractivity contribution < 1.29 is 9.53 Å². The summed E-state index contributed by atoms with van der Waals surface area (Å²) in [5.74, 6) is -0.310. The van der Waals surface area contributed by atoms with Gasteiger partial charge in [0, 0.05) is 23.7 Å². The molecule has 1 atom stereocenters. The second-order valence-electron chi connectivity index (χ2n) is 3.84. The molecule has 18 heavy (non-hydrogen) atoms. The molecule has 0 saturated heterocycles. The van der Waals surface area contributed by atoms with Crippen LogP contribution < -0.4 is 5.32 Å². The Morgan fingerprint density at radius 1 is 1.56 bits per heavy atom. The quantitative estimate of drug-likeness (QED) is 0.636. The summed E-state index contributed by atoms with van der Waals surface area (Å²) in [7, 11) is 0. The second-order valence-corrected chi connectivity index (χ2v) is 4.28. The maximum absolute atomic E-state index is 11.0. The highest BCUT2D eigenvalue weighted by molar-refractivity contribution is 6.30. The molecule has 0 spiro atoms. The molecule has 0 bridgehead atoms. The molecule has 0 amide bonds. The largest absolute Gasteiger partial charge is 0.463 e. The Morgan fingerprint density at radius 2 is 2.33 bits per heavy atom. The van der Waals surface area contributed by atoms with Gasteiger partial charge in [-0.1, -0.05) is 29.8 Å². The lowest BCUT2D eigenvalue weighted by Crippen LogP contribution is -2.18. The van der Waals surface area contributed by atoms with Gasteiger partial charge in [-0.2, -0.15) is 0 Å². The SMILES string of the molecule is CCOC(=O)/C=C/CNC(C)c1cccc(Cl)c1. The highest BCUT2D eigenvalue weighted by Gasteiger charge is 2.03. The zero-order valence-corrected chi connectivity index (χ0v) is 11.4. The molecule has 0 radical (unpaired) electrons. The molecule has 0 aliphatic rings. The van der Waals surface area contributed by atoms with E-state index in [0.717, 1.165) is 10.6 Å². The predicted molar refractivity (Wildman–Crippen MR) is 73.6 cm³/mol. The van der Waals surface area contributed by atoms with Crippen LogP contribution in [0.15, 0.2) is 36.4 Å².